The number of hydrogen-bond acceptors (Lipinski definition) is 6. The van der Waals surface area contributed by atoms with E-state index >= 15 is 0 Å². The topological polar surface area (TPSA) is 96.4 Å². The summed E-state index contributed by atoms with van der Waals surface area (Å²) >= 11 is 0. The molecular formula is C24H23ClN6O2. The number of fused-ring (bicyclic) bond motifs is 1. The molecule has 1 aromatic heterocycles. The molecule has 0 bridgehead atoms. The van der Waals surface area contributed by atoms with Gasteiger partial charge in [0.25, 0.3) is 0 Å². The highest BCUT2D eigenvalue weighted by Crippen LogP contribution is 2.24. The van der Waals surface area contributed by atoms with Crippen molar-refractivity contribution in [1.82, 2.24) is 14.8 Å². The Kier molecular flexibility index (Phi) is 6.55. The van der Waals surface area contributed by atoms with E-state index in [1.165, 1.54) is 0 Å². The van der Waals surface area contributed by atoms with Crippen LogP contribution < -0.4 is 5.73 Å². The van der Waals surface area contributed by atoms with Gasteiger partial charge in [-0.25, -0.2) is 14.8 Å². The maximum atomic E-state index is 12.5. The lowest BCUT2D eigenvalue weighted by atomic mass is 10.0. The molecule has 9 heteroatoms. The lowest BCUT2D eigenvalue weighted by Crippen LogP contribution is -2.49. The van der Waals surface area contributed by atoms with Crippen molar-refractivity contribution < 1.29 is 9.53 Å². The zero-order valence-corrected chi connectivity index (χ0v) is 18.6. The van der Waals surface area contributed by atoms with Gasteiger partial charge in [0.05, 0.1) is 5.69 Å². The third-order valence-electron chi connectivity index (χ3n) is 5.49. The van der Waals surface area contributed by atoms with Gasteiger partial charge in [-0.3, -0.25) is 4.98 Å². The van der Waals surface area contributed by atoms with Gasteiger partial charge in [-0.15, -0.1) is 12.4 Å². The molecular weight excluding hydrogens is 440 g/mol. The number of benzene rings is 2. The maximum absolute atomic E-state index is 12.5. The first kappa shape index (κ1) is 22.3. The number of halogens is 1. The highest BCUT2D eigenvalue weighted by Gasteiger charge is 2.27. The first-order valence-electron chi connectivity index (χ1n) is 10.4. The maximum Gasteiger partial charge on any atom is 0.365 e. The summed E-state index contributed by atoms with van der Waals surface area (Å²) in [5.41, 5.74) is 8.05. The zero-order valence-electron chi connectivity index (χ0n) is 17.8. The number of aliphatic imine (C=N–C) groups is 2. The van der Waals surface area contributed by atoms with Crippen LogP contribution in [0.25, 0.3) is 10.8 Å². The standard InChI is InChI=1S/C24H22N6O2.ClH/c25-24(27-18-8-10-26-11-9-18)30-14-12-29(13-15-30)16-21-23(31)32-22(28-21)20-7-3-5-17-4-1-2-6-19(17)20;/h1-11,16H,12-15H2,(H2,25,26,27);1H/b21-16+;. The van der Waals surface area contributed by atoms with Crippen LogP contribution in [0.15, 0.2) is 88.9 Å². The van der Waals surface area contributed by atoms with Gasteiger partial charge in [-0.2, -0.15) is 0 Å². The van der Waals surface area contributed by atoms with E-state index in [1.54, 1.807) is 18.6 Å². The molecule has 0 unspecified atom stereocenters. The molecule has 0 amide bonds. The van der Waals surface area contributed by atoms with E-state index in [9.17, 15) is 4.79 Å². The second kappa shape index (κ2) is 9.70. The van der Waals surface area contributed by atoms with Gasteiger partial charge in [-0.1, -0.05) is 36.4 Å². The Morgan fingerprint density at radius 3 is 2.52 bits per heavy atom. The Hall–Kier alpha value is -3.91. The lowest BCUT2D eigenvalue weighted by molar-refractivity contribution is -0.130. The van der Waals surface area contributed by atoms with E-state index in [1.807, 2.05) is 59.5 Å². The molecule has 2 aliphatic rings. The fourth-order valence-electron chi connectivity index (χ4n) is 3.80. The molecule has 0 spiro atoms. The first-order valence-corrected chi connectivity index (χ1v) is 10.4. The summed E-state index contributed by atoms with van der Waals surface area (Å²) < 4.78 is 5.50. The Balaban J connectivity index is 0.00000259. The van der Waals surface area contributed by atoms with E-state index in [0.29, 0.717) is 43.7 Å². The van der Waals surface area contributed by atoms with Gasteiger partial charge in [0.1, 0.15) is 0 Å². The van der Waals surface area contributed by atoms with Crippen LogP contribution in [0.5, 0.6) is 0 Å². The molecule has 0 aliphatic carbocycles. The van der Waals surface area contributed by atoms with Gasteiger partial charge in [-0.05, 0) is 29.0 Å². The van der Waals surface area contributed by atoms with Crippen molar-refractivity contribution in [2.45, 2.75) is 0 Å². The third kappa shape index (κ3) is 4.80. The Morgan fingerprint density at radius 1 is 1.00 bits per heavy atom. The molecule has 5 rings (SSSR count). The molecule has 0 atom stereocenters. The quantitative estimate of drug-likeness (QED) is 0.278. The van der Waals surface area contributed by atoms with Crippen LogP contribution in [0.4, 0.5) is 5.69 Å². The Morgan fingerprint density at radius 2 is 1.73 bits per heavy atom. The molecule has 1 saturated heterocycles. The SMILES string of the molecule is Cl.NC(=Nc1ccncc1)N1CCN(/C=C2/N=C(c3cccc4ccccc34)OC2=O)CC1. The number of aromatic nitrogens is 1. The predicted molar refractivity (Wildman–Crippen MR) is 131 cm³/mol. The number of cyclic esters (lactones) is 1. The van der Waals surface area contributed by atoms with Crippen LogP contribution in [0.2, 0.25) is 0 Å². The molecule has 2 aliphatic heterocycles. The number of guanidine groups is 1. The summed E-state index contributed by atoms with van der Waals surface area (Å²) in [6.45, 7) is 2.78. The summed E-state index contributed by atoms with van der Waals surface area (Å²) in [6, 6.07) is 17.5. The molecule has 8 nitrogen and oxygen atoms in total. The van der Waals surface area contributed by atoms with Crippen LogP contribution in [0, 0.1) is 0 Å². The molecule has 2 N–H and O–H groups in total. The van der Waals surface area contributed by atoms with Crippen molar-refractivity contribution in [3.8, 4) is 0 Å². The number of hydrogen-bond donors (Lipinski definition) is 1. The van der Waals surface area contributed by atoms with Gasteiger partial charge in [0.2, 0.25) is 5.90 Å². The lowest BCUT2D eigenvalue weighted by Gasteiger charge is -2.34. The van der Waals surface area contributed by atoms with Crippen LogP contribution in [-0.2, 0) is 9.53 Å². The van der Waals surface area contributed by atoms with E-state index in [2.05, 4.69) is 19.9 Å². The zero-order chi connectivity index (χ0) is 21.9. The summed E-state index contributed by atoms with van der Waals surface area (Å²) in [7, 11) is 0. The summed E-state index contributed by atoms with van der Waals surface area (Å²) in [4.78, 5) is 29.5. The predicted octanol–water partition coefficient (Wildman–Crippen LogP) is 3.07. The third-order valence-corrected chi connectivity index (χ3v) is 5.49. The number of nitrogens with zero attached hydrogens (tertiary/aromatic N) is 5. The number of ether oxygens (including phenoxy) is 1. The minimum absolute atomic E-state index is 0. The van der Waals surface area contributed by atoms with Crippen molar-refractivity contribution in [3.63, 3.8) is 0 Å². The minimum atomic E-state index is -0.436. The number of pyridine rings is 1. The smallest absolute Gasteiger partial charge is 0.365 e. The van der Waals surface area contributed by atoms with Gasteiger partial charge < -0.3 is 20.3 Å². The number of nitrogens with two attached hydrogens (primary N) is 1. The normalized spacial score (nSPS) is 17.7. The van der Waals surface area contributed by atoms with Crippen molar-refractivity contribution in [2.75, 3.05) is 26.2 Å². The number of carbonyl (C=O) groups is 1. The van der Waals surface area contributed by atoms with Crippen molar-refractivity contribution in [2.24, 2.45) is 15.7 Å². The average Bonchev–Trinajstić information content (AvgIpc) is 3.19. The number of piperazine rings is 1. The summed E-state index contributed by atoms with van der Waals surface area (Å²) in [5.74, 6) is 0.375. The molecule has 0 radical (unpaired) electrons. The van der Waals surface area contributed by atoms with Gasteiger partial charge >= 0.3 is 5.97 Å². The number of rotatable bonds is 3. The van der Waals surface area contributed by atoms with Crippen LogP contribution in [-0.4, -0.2) is 58.8 Å². The average molecular weight is 463 g/mol. The number of carbonyl (C=O) groups excluding carboxylic acids is 1. The first-order chi connectivity index (χ1) is 15.7. The minimum Gasteiger partial charge on any atom is -0.402 e. The summed E-state index contributed by atoms with van der Waals surface area (Å²) in [6.07, 6.45) is 5.14. The molecule has 3 heterocycles. The fourth-order valence-corrected chi connectivity index (χ4v) is 3.80. The Labute approximate surface area is 197 Å². The highest BCUT2D eigenvalue weighted by atomic mass is 35.5. The monoisotopic (exact) mass is 462 g/mol. The molecule has 1 fully saturated rings. The van der Waals surface area contributed by atoms with Crippen LogP contribution >= 0.6 is 12.4 Å². The Bertz CT molecular complexity index is 1240. The molecule has 33 heavy (non-hydrogen) atoms. The van der Waals surface area contributed by atoms with Crippen molar-refractivity contribution >= 4 is 46.7 Å². The molecule has 2 aromatic carbocycles. The van der Waals surface area contributed by atoms with E-state index in [-0.39, 0.29) is 12.4 Å². The van der Waals surface area contributed by atoms with E-state index < -0.39 is 5.97 Å². The molecule has 168 valence electrons. The van der Waals surface area contributed by atoms with E-state index in [0.717, 1.165) is 22.0 Å². The van der Waals surface area contributed by atoms with Gasteiger partial charge in [0, 0.05) is 50.3 Å². The van der Waals surface area contributed by atoms with Crippen LogP contribution in [0.1, 0.15) is 5.56 Å². The second-order valence-corrected chi connectivity index (χ2v) is 7.55. The number of esters is 1. The summed E-state index contributed by atoms with van der Waals surface area (Å²) in [5, 5.41) is 2.07. The second-order valence-electron chi connectivity index (χ2n) is 7.55. The van der Waals surface area contributed by atoms with Crippen molar-refractivity contribution in [3.05, 3.63) is 84.5 Å². The van der Waals surface area contributed by atoms with Gasteiger partial charge in [0.15, 0.2) is 11.7 Å². The fraction of sp³-hybridized carbons (Fsp3) is 0.167. The van der Waals surface area contributed by atoms with Crippen LogP contribution in [0.3, 0.4) is 0 Å². The van der Waals surface area contributed by atoms with Crippen molar-refractivity contribution in [1.29, 1.82) is 0 Å². The molecule has 0 saturated carbocycles. The molecule has 3 aromatic rings. The largest absolute Gasteiger partial charge is 0.402 e. The highest BCUT2D eigenvalue weighted by molar-refractivity contribution is 6.16. The van der Waals surface area contributed by atoms with E-state index in [4.69, 9.17) is 10.5 Å².